The molecule has 222 valence electrons. The zero-order valence-electron chi connectivity index (χ0n) is 24.2. The largest absolute Gasteiger partial charge is 0.493 e. The van der Waals surface area contributed by atoms with Gasteiger partial charge in [0.25, 0.3) is 17.7 Å². The number of rotatable bonds is 8. The standard InChI is InChI=1S/C34H28IN3O6/c1-21-14-15-22(2)28(16-21)36-30(39)20-44-31-27(35)18-23(19-29(31)43-3)17-26-32(40)37(24-10-6-4-7-11-24)34(42)38(33(26)41)25-12-8-5-9-13-25/h4-19H,20H2,1-3H3,(H,36,39). The summed E-state index contributed by atoms with van der Waals surface area (Å²) in [6, 6.07) is 25.2. The molecule has 4 aromatic carbocycles. The van der Waals surface area contributed by atoms with Crippen LogP contribution in [0.1, 0.15) is 16.7 Å². The smallest absolute Gasteiger partial charge is 0.343 e. The van der Waals surface area contributed by atoms with Crippen molar-refractivity contribution in [3.63, 3.8) is 0 Å². The van der Waals surface area contributed by atoms with Crippen LogP contribution in [-0.4, -0.2) is 37.5 Å². The predicted octanol–water partition coefficient (Wildman–Crippen LogP) is 6.52. The van der Waals surface area contributed by atoms with Gasteiger partial charge in [-0.25, -0.2) is 14.6 Å². The van der Waals surface area contributed by atoms with Gasteiger partial charge in [0.2, 0.25) is 0 Å². The van der Waals surface area contributed by atoms with Crippen LogP contribution >= 0.6 is 22.6 Å². The molecule has 4 aromatic rings. The predicted molar refractivity (Wildman–Crippen MR) is 177 cm³/mol. The number of anilines is 3. The second-order valence-corrected chi connectivity index (χ2v) is 11.1. The summed E-state index contributed by atoms with van der Waals surface area (Å²) >= 11 is 2.04. The van der Waals surface area contributed by atoms with Gasteiger partial charge in [0.15, 0.2) is 18.1 Å². The number of halogens is 1. The third-order valence-corrected chi connectivity index (χ3v) is 7.66. The van der Waals surface area contributed by atoms with Crippen molar-refractivity contribution in [2.24, 2.45) is 0 Å². The van der Waals surface area contributed by atoms with Crippen molar-refractivity contribution in [2.75, 3.05) is 28.8 Å². The van der Waals surface area contributed by atoms with E-state index in [1.54, 1.807) is 72.8 Å². The Morgan fingerprint density at radius 2 is 1.43 bits per heavy atom. The first-order chi connectivity index (χ1) is 21.2. The quantitative estimate of drug-likeness (QED) is 0.128. The van der Waals surface area contributed by atoms with E-state index in [-0.39, 0.29) is 18.1 Å². The Morgan fingerprint density at radius 3 is 2.00 bits per heavy atom. The third-order valence-electron chi connectivity index (χ3n) is 6.86. The van der Waals surface area contributed by atoms with E-state index in [9.17, 15) is 19.2 Å². The number of imide groups is 2. The molecule has 1 fully saturated rings. The van der Waals surface area contributed by atoms with Gasteiger partial charge in [-0.1, -0.05) is 48.5 Å². The molecule has 0 unspecified atom stereocenters. The second kappa shape index (κ2) is 13.1. The van der Waals surface area contributed by atoms with E-state index < -0.39 is 17.8 Å². The van der Waals surface area contributed by atoms with E-state index in [1.807, 2.05) is 54.6 Å². The molecule has 1 saturated heterocycles. The average molecular weight is 702 g/mol. The number of methoxy groups -OCH3 is 1. The van der Waals surface area contributed by atoms with Crippen LogP contribution in [-0.2, 0) is 14.4 Å². The Balaban J connectivity index is 1.46. The van der Waals surface area contributed by atoms with Crippen molar-refractivity contribution in [1.29, 1.82) is 0 Å². The van der Waals surface area contributed by atoms with Gasteiger partial charge >= 0.3 is 6.03 Å². The lowest BCUT2D eigenvalue weighted by molar-refractivity contribution is -0.121. The number of nitrogens with one attached hydrogen (secondary N) is 1. The van der Waals surface area contributed by atoms with Gasteiger partial charge in [-0.3, -0.25) is 14.4 Å². The first kappa shape index (κ1) is 30.5. The fourth-order valence-electron chi connectivity index (χ4n) is 4.66. The molecule has 5 rings (SSSR count). The van der Waals surface area contributed by atoms with E-state index in [2.05, 4.69) is 5.32 Å². The number of carbonyl (C=O) groups is 4. The SMILES string of the molecule is COc1cc(C=C2C(=O)N(c3ccccc3)C(=O)N(c3ccccc3)C2=O)cc(I)c1OCC(=O)Nc1cc(C)ccc1C. The molecule has 10 heteroatoms. The number of para-hydroxylation sites is 2. The van der Waals surface area contributed by atoms with Crippen LogP contribution in [0.5, 0.6) is 11.5 Å². The minimum atomic E-state index is -0.774. The highest BCUT2D eigenvalue weighted by molar-refractivity contribution is 14.1. The Hall–Kier alpha value is -4.97. The zero-order chi connectivity index (χ0) is 31.4. The number of benzene rings is 4. The van der Waals surface area contributed by atoms with Crippen LogP contribution in [0.3, 0.4) is 0 Å². The van der Waals surface area contributed by atoms with Crippen molar-refractivity contribution in [3.8, 4) is 11.5 Å². The highest BCUT2D eigenvalue weighted by atomic mass is 127. The molecular weight excluding hydrogens is 673 g/mol. The molecule has 5 amide bonds. The number of amides is 5. The van der Waals surface area contributed by atoms with Gasteiger partial charge in [-0.2, -0.15) is 0 Å². The van der Waals surface area contributed by atoms with Crippen molar-refractivity contribution in [1.82, 2.24) is 0 Å². The van der Waals surface area contributed by atoms with Crippen LogP contribution in [0.25, 0.3) is 6.08 Å². The maximum atomic E-state index is 13.7. The van der Waals surface area contributed by atoms with Crippen LogP contribution in [0.4, 0.5) is 21.9 Å². The Bertz CT molecular complexity index is 1730. The number of barbiturate groups is 1. The summed E-state index contributed by atoms with van der Waals surface area (Å²) in [7, 11) is 1.45. The molecule has 9 nitrogen and oxygen atoms in total. The van der Waals surface area contributed by atoms with Gasteiger partial charge in [-0.05, 0) is 102 Å². The van der Waals surface area contributed by atoms with E-state index in [0.29, 0.717) is 37.7 Å². The molecule has 1 heterocycles. The number of aryl methyl sites for hydroxylation is 2. The van der Waals surface area contributed by atoms with Gasteiger partial charge < -0.3 is 14.8 Å². The normalized spacial score (nSPS) is 13.2. The lowest BCUT2D eigenvalue weighted by Crippen LogP contribution is -2.57. The molecule has 0 atom stereocenters. The van der Waals surface area contributed by atoms with Crippen molar-refractivity contribution < 1.29 is 28.7 Å². The van der Waals surface area contributed by atoms with Crippen LogP contribution < -0.4 is 24.6 Å². The first-order valence-corrected chi connectivity index (χ1v) is 14.7. The Labute approximate surface area is 268 Å². The second-order valence-electron chi connectivity index (χ2n) is 9.98. The van der Waals surface area contributed by atoms with Crippen molar-refractivity contribution in [2.45, 2.75) is 13.8 Å². The first-order valence-electron chi connectivity index (χ1n) is 13.6. The van der Waals surface area contributed by atoms with E-state index in [1.165, 1.54) is 13.2 Å². The fraction of sp³-hybridized carbons (Fsp3) is 0.118. The van der Waals surface area contributed by atoms with Crippen LogP contribution in [0.2, 0.25) is 0 Å². The zero-order valence-corrected chi connectivity index (χ0v) is 26.3. The van der Waals surface area contributed by atoms with Crippen LogP contribution in [0.15, 0.2) is 96.6 Å². The van der Waals surface area contributed by atoms with Crippen molar-refractivity contribution in [3.05, 3.63) is 117 Å². The topological polar surface area (TPSA) is 105 Å². The van der Waals surface area contributed by atoms with E-state index >= 15 is 0 Å². The molecular formula is C34H28IN3O6. The molecule has 44 heavy (non-hydrogen) atoms. The molecule has 1 aliphatic heterocycles. The summed E-state index contributed by atoms with van der Waals surface area (Å²) < 4.78 is 12.0. The fourth-order valence-corrected chi connectivity index (χ4v) is 5.44. The molecule has 0 aliphatic carbocycles. The summed E-state index contributed by atoms with van der Waals surface area (Å²) in [4.78, 5) is 55.6. The summed E-state index contributed by atoms with van der Waals surface area (Å²) in [6.45, 7) is 3.59. The Kier molecular flexibility index (Phi) is 9.09. The number of ether oxygens (including phenoxy) is 2. The monoisotopic (exact) mass is 701 g/mol. The average Bonchev–Trinajstić information content (AvgIpc) is 3.01. The molecule has 0 radical (unpaired) electrons. The minimum absolute atomic E-state index is 0.211. The number of hydrogen-bond donors (Lipinski definition) is 1. The van der Waals surface area contributed by atoms with Gasteiger partial charge in [0, 0.05) is 5.69 Å². The number of nitrogens with zero attached hydrogens (tertiary/aromatic N) is 2. The minimum Gasteiger partial charge on any atom is -0.493 e. The number of carbonyl (C=O) groups excluding carboxylic acids is 4. The summed E-state index contributed by atoms with van der Waals surface area (Å²) in [5, 5.41) is 2.86. The van der Waals surface area contributed by atoms with Gasteiger partial charge in [0.05, 0.1) is 22.1 Å². The van der Waals surface area contributed by atoms with Gasteiger partial charge in [0.1, 0.15) is 5.57 Å². The van der Waals surface area contributed by atoms with E-state index in [4.69, 9.17) is 9.47 Å². The molecule has 1 aliphatic rings. The molecule has 0 saturated carbocycles. The summed E-state index contributed by atoms with van der Waals surface area (Å²) in [5.41, 5.74) is 3.57. The number of urea groups is 1. The maximum absolute atomic E-state index is 13.7. The lowest BCUT2D eigenvalue weighted by atomic mass is 10.0. The molecule has 1 N–H and O–H groups in total. The molecule has 0 aromatic heterocycles. The van der Waals surface area contributed by atoms with E-state index in [0.717, 1.165) is 20.9 Å². The Morgan fingerprint density at radius 1 is 0.841 bits per heavy atom. The summed E-state index contributed by atoms with van der Waals surface area (Å²) in [6.07, 6.45) is 1.42. The lowest BCUT2D eigenvalue weighted by Gasteiger charge is -2.34. The third kappa shape index (κ3) is 6.35. The maximum Gasteiger partial charge on any atom is 0.343 e. The highest BCUT2D eigenvalue weighted by Gasteiger charge is 2.43. The summed E-state index contributed by atoms with van der Waals surface area (Å²) in [5.74, 6) is -1.21. The van der Waals surface area contributed by atoms with Crippen molar-refractivity contribution >= 4 is 69.5 Å². The molecule has 0 bridgehead atoms. The highest BCUT2D eigenvalue weighted by Crippen LogP contribution is 2.36. The number of hydrogen-bond acceptors (Lipinski definition) is 6. The van der Waals surface area contributed by atoms with Gasteiger partial charge in [-0.15, -0.1) is 0 Å². The molecule has 0 spiro atoms. The van der Waals surface area contributed by atoms with Crippen LogP contribution in [0, 0.1) is 17.4 Å².